The van der Waals surface area contributed by atoms with Gasteiger partial charge in [0, 0.05) is 22.3 Å². The molecule has 3 nitrogen and oxygen atoms in total. The summed E-state index contributed by atoms with van der Waals surface area (Å²) in [6.45, 7) is 1.44. The van der Waals surface area contributed by atoms with Crippen molar-refractivity contribution < 1.29 is 14.4 Å². The Morgan fingerprint density at radius 1 is 1.00 bits per heavy atom. The summed E-state index contributed by atoms with van der Waals surface area (Å²) in [5.41, 5.74) is 1.64. The van der Waals surface area contributed by atoms with Gasteiger partial charge in [-0.1, -0.05) is 6.07 Å². The Morgan fingerprint density at radius 3 is 2.50 bits per heavy atom. The number of hydrogen-bond donors (Lipinski definition) is 0. The molecule has 0 atom stereocenters. The number of thiophene rings is 1. The van der Waals surface area contributed by atoms with E-state index in [0.29, 0.717) is 27.1 Å². The minimum Gasteiger partial charge on any atom is -0.295 e. The molecule has 1 heterocycles. The monoisotopic (exact) mass is 256 g/mol. The van der Waals surface area contributed by atoms with E-state index in [1.807, 2.05) is 0 Å². The summed E-state index contributed by atoms with van der Waals surface area (Å²) in [6.07, 6.45) is 0. The zero-order valence-electron chi connectivity index (χ0n) is 9.52. The smallest absolute Gasteiger partial charge is 0.204 e. The van der Waals surface area contributed by atoms with Crippen molar-refractivity contribution in [2.45, 2.75) is 6.92 Å². The molecule has 0 N–H and O–H groups in total. The molecule has 0 radical (unpaired) electrons. The molecule has 0 bridgehead atoms. The van der Waals surface area contributed by atoms with Crippen LogP contribution in [0.15, 0.2) is 29.6 Å². The van der Waals surface area contributed by atoms with E-state index in [2.05, 4.69) is 0 Å². The summed E-state index contributed by atoms with van der Waals surface area (Å²) in [5, 5.41) is 1.73. The lowest BCUT2D eigenvalue weighted by Gasteiger charge is -2.14. The van der Waals surface area contributed by atoms with Crippen LogP contribution in [-0.2, 0) is 0 Å². The maximum absolute atomic E-state index is 12.2. The first kappa shape index (κ1) is 11.0. The van der Waals surface area contributed by atoms with E-state index in [-0.39, 0.29) is 17.3 Å². The predicted molar refractivity (Wildman–Crippen MR) is 67.6 cm³/mol. The lowest BCUT2D eigenvalue weighted by molar-refractivity contribution is 0.0980. The molecule has 1 aliphatic rings. The molecule has 0 spiro atoms. The van der Waals surface area contributed by atoms with Gasteiger partial charge in [-0.3, -0.25) is 14.4 Å². The van der Waals surface area contributed by atoms with Crippen molar-refractivity contribution in [3.8, 4) is 0 Å². The third-order valence-corrected chi connectivity index (χ3v) is 3.94. The standard InChI is InChI=1S/C14H8O3S/c1-7(15)8-2-3-9-11(6-8)13(17)14-10(12(9)16)4-5-18-14/h2-6H,1H3. The van der Waals surface area contributed by atoms with Gasteiger partial charge in [-0.15, -0.1) is 11.3 Å². The summed E-state index contributed by atoms with van der Waals surface area (Å²) in [6, 6.07) is 6.33. The topological polar surface area (TPSA) is 51.2 Å². The number of ketones is 3. The molecule has 2 aromatic rings. The lowest BCUT2D eigenvalue weighted by atomic mass is 9.87. The number of carbonyl (C=O) groups is 3. The van der Waals surface area contributed by atoms with Gasteiger partial charge < -0.3 is 0 Å². The predicted octanol–water partition coefficient (Wildman–Crippen LogP) is 2.73. The van der Waals surface area contributed by atoms with Gasteiger partial charge in [-0.05, 0) is 30.5 Å². The second kappa shape index (κ2) is 3.71. The quantitative estimate of drug-likeness (QED) is 0.629. The van der Waals surface area contributed by atoms with E-state index in [1.165, 1.54) is 24.3 Å². The van der Waals surface area contributed by atoms with Crippen molar-refractivity contribution in [1.82, 2.24) is 0 Å². The fourth-order valence-corrected chi connectivity index (χ4v) is 2.93. The number of rotatable bonds is 1. The summed E-state index contributed by atoms with van der Waals surface area (Å²) < 4.78 is 0. The van der Waals surface area contributed by atoms with Crippen molar-refractivity contribution in [3.63, 3.8) is 0 Å². The van der Waals surface area contributed by atoms with Crippen LogP contribution in [0.1, 0.15) is 48.4 Å². The summed E-state index contributed by atoms with van der Waals surface area (Å²) in [5.74, 6) is -0.427. The van der Waals surface area contributed by atoms with Gasteiger partial charge in [-0.25, -0.2) is 0 Å². The van der Waals surface area contributed by atoms with Crippen molar-refractivity contribution in [2.75, 3.05) is 0 Å². The van der Waals surface area contributed by atoms with Crippen LogP contribution in [0.2, 0.25) is 0 Å². The first-order valence-corrected chi connectivity index (χ1v) is 6.29. The Morgan fingerprint density at radius 2 is 1.78 bits per heavy atom. The van der Waals surface area contributed by atoms with Crippen molar-refractivity contribution >= 4 is 28.7 Å². The second-order valence-corrected chi connectivity index (χ2v) is 5.05. The highest BCUT2D eigenvalue weighted by atomic mass is 32.1. The number of fused-ring (bicyclic) bond motifs is 2. The third-order valence-electron chi connectivity index (χ3n) is 3.03. The minimum atomic E-state index is -0.169. The fraction of sp³-hybridized carbons (Fsp3) is 0.0714. The van der Waals surface area contributed by atoms with Crippen LogP contribution in [0.4, 0.5) is 0 Å². The Hall–Kier alpha value is -2.07. The summed E-state index contributed by atoms with van der Waals surface area (Å²) in [7, 11) is 0. The maximum Gasteiger partial charge on any atom is 0.204 e. The van der Waals surface area contributed by atoms with E-state index in [4.69, 9.17) is 0 Å². The lowest BCUT2D eigenvalue weighted by Crippen LogP contribution is -2.19. The average Bonchev–Trinajstić information content (AvgIpc) is 2.84. The Labute approximate surface area is 107 Å². The molecule has 1 aromatic heterocycles. The molecule has 1 aromatic carbocycles. The third kappa shape index (κ3) is 1.39. The van der Waals surface area contributed by atoms with Gasteiger partial charge in [-0.2, -0.15) is 0 Å². The van der Waals surface area contributed by atoms with Crippen LogP contribution in [0, 0.1) is 0 Å². The molecule has 4 heteroatoms. The number of Topliss-reactive ketones (excluding diaryl/α,β-unsaturated/α-hetero) is 1. The van der Waals surface area contributed by atoms with Gasteiger partial charge in [0.1, 0.15) is 0 Å². The van der Waals surface area contributed by atoms with Crippen LogP contribution >= 0.6 is 11.3 Å². The van der Waals surface area contributed by atoms with Gasteiger partial charge in [0.05, 0.1) is 4.88 Å². The highest BCUT2D eigenvalue weighted by Crippen LogP contribution is 2.31. The van der Waals surface area contributed by atoms with Crippen molar-refractivity contribution in [2.24, 2.45) is 0 Å². The molecular weight excluding hydrogens is 248 g/mol. The first-order chi connectivity index (χ1) is 8.59. The van der Waals surface area contributed by atoms with Crippen LogP contribution in [-0.4, -0.2) is 17.3 Å². The fourth-order valence-electron chi connectivity index (χ4n) is 2.08. The Kier molecular flexibility index (Phi) is 2.28. The maximum atomic E-state index is 12.2. The van der Waals surface area contributed by atoms with Crippen LogP contribution in [0.25, 0.3) is 0 Å². The normalized spacial score (nSPS) is 13.2. The van der Waals surface area contributed by atoms with E-state index >= 15 is 0 Å². The second-order valence-electron chi connectivity index (χ2n) is 4.14. The van der Waals surface area contributed by atoms with E-state index in [1.54, 1.807) is 23.6 Å². The zero-order chi connectivity index (χ0) is 12.9. The first-order valence-electron chi connectivity index (χ1n) is 5.41. The van der Waals surface area contributed by atoms with E-state index in [0.717, 1.165) is 0 Å². The van der Waals surface area contributed by atoms with Crippen molar-refractivity contribution in [1.29, 1.82) is 0 Å². The summed E-state index contributed by atoms with van der Waals surface area (Å²) >= 11 is 1.26. The number of benzene rings is 1. The van der Waals surface area contributed by atoms with E-state index in [9.17, 15) is 14.4 Å². The van der Waals surface area contributed by atoms with Crippen LogP contribution in [0.3, 0.4) is 0 Å². The molecule has 18 heavy (non-hydrogen) atoms. The molecule has 0 saturated carbocycles. The molecule has 0 fully saturated rings. The average molecular weight is 256 g/mol. The number of carbonyl (C=O) groups excluding carboxylic acids is 3. The van der Waals surface area contributed by atoms with Crippen LogP contribution < -0.4 is 0 Å². The largest absolute Gasteiger partial charge is 0.295 e. The Bertz CT molecular complexity index is 710. The minimum absolute atomic E-state index is 0.116. The molecule has 1 aliphatic carbocycles. The zero-order valence-corrected chi connectivity index (χ0v) is 10.3. The molecule has 0 unspecified atom stereocenters. The molecule has 88 valence electrons. The Balaban J connectivity index is 2.27. The summed E-state index contributed by atoms with van der Waals surface area (Å²) in [4.78, 5) is 36.2. The van der Waals surface area contributed by atoms with Gasteiger partial charge in [0.2, 0.25) is 5.78 Å². The van der Waals surface area contributed by atoms with Gasteiger partial charge in [0.25, 0.3) is 0 Å². The molecular formula is C14H8O3S. The van der Waals surface area contributed by atoms with Crippen molar-refractivity contribution in [3.05, 3.63) is 56.8 Å². The highest BCUT2D eigenvalue weighted by molar-refractivity contribution is 7.12. The van der Waals surface area contributed by atoms with E-state index < -0.39 is 0 Å². The molecule has 0 aliphatic heterocycles. The molecule has 3 rings (SSSR count). The van der Waals surface area contributed by atoms with Crippen LogP contribution in [0.5, 0.6) is 0 Å². The molecule has 0 amide bonds. The van der Waals surface area contributed by atoms with Gasteiger partial charge in [0.15, 0.2) is 11.6 Å². The van der Waals surface area contributed by atoms with Gasteiger partial charge >= 0.3 is 0 Å². The highest BCUT2D eigenvalue weighted by Gasteiger charge is 2.30. The SMILES string of the molecule is CC(=O)c1ccc2c(c1)C(=O)c1sccc1C2=O. The number of hydrogen-bond acceptors (Lipinski definition) is 4. The molecule has 0 saturated heterocycles.